The number of allylic oxidation sites excluding steroid dienone is 2. The molecule has 5 nitrogen and oxygen atoms in total. The van der Waals surface area contributed by atoms with Crippen LogP contribution in [0.4, 0.5) is 32.0 Å². The molecule has 0 saturated carbocycles. The lowest BCUT2D eigenvalue weighted by atomic mass is 9.89. The highest BCUT2D eigenvalue weighted by atomic mass is 19.3. The van der Waals surface area contributed by atoms with Crippen LogP contribution < -0.4 is 4.74 Å². The van der Waals surface area contributed by atoms with E-state index in [9.17, 15) is 5.26 Å². The summed E-state index contributed by atoms with van der Waals surface area (Å²) in [5.74, 6) is -17.2. The minimum absolute atomic E-state index is 0.0444. The summed E-state index contributed by atoms with van der Waals surface area (Å²) in [6, 6.07) is 21.3. The number of rotatable bonds is 5. The largest absolute Gasteiger partial charge is 0.497 e. The molecule has 11 heteroatoms. The maximum absolute atomic E-state index is 16.4. The number of halogens is 6. The average Bonchev–Trinajstić information content (AvgIpc) is 3.67. The topological polar surface area (TPSA) is 63.7 Å². The summed E-state index contributed by atoms with van der Waals surface area (Å²) in [6.45, 7) is 9.15. The maximum atomic E-state index is 16.4. The predicted molar refractivity (Wildman–Crippen MR) is 167 cm³/mol. The molecule has 2 heterocycles. The molecule has 0 spiro atoms. The molecule has 0 atom stereocenters. The van der Waals surface area contributed by atoms with Crippen molar-refractivity contribution < 1.29 is 39.9 Å². The third-order valence-electron chi connectivity index (χ3n) is 8.45. The van der Waals surface area contributed by atoms with E-state index in [1.54, 1.807) is 19.1 Å². The van der Waals surface area contributed by atoms with Crippen molar-refractivity contribution in [2.45, 2.75) is 24.7 Å². The number of ether oxygens (including phenoxy) is 1. The second-order valence-corrected chi connectivity index (χ2v) is 11.3. The average molecular weight is 655 g/mol. The summed E-state index contributed by atoms with van der Waals surface area (Å²) in [5.41, 5.74) is -3.83. The fourth-order valence-corrected chi connectivity index (χ4v) is 6.06. The van der Waals surface area contributed by atoms with Crippen molar-refractivity contribution >= 4 is 38.8 Å². The van der Waals surface area contributed by atoms with Crippen LogP contribution in [0.15, 0.2) is 93.8 Å². The van der Waals surface area contributed by atoms with E-state index in [0.717, 1.165) is 5.56 Å². The second-order valence-electron chi connectivity index (χ2n) is 11.3. The first-order chi connectivity index (χ1) is 22.8. The molecule has 1 aliphatic carbocycles. The lowest BCUT2D eigenvalue weighted by molar-refractivity contribution is -0.254. The van der Waals surface area contributed by atoms with E-state index >= 15 is 26.3 Å². The van der Waals surface area contributed by atoms with Crippen molar-refractivity contribution in [3.05, 3.63) is 119 Å². The summed E-state index contributed by atoms with van der Waals surface area (Å²) in [4.78, 5) is 3.32. The number of nitriles is 1. The molecule has 7 rings (SSSR count). The van der Waals surface area contributed by atoms with Crippen LogP contribution in [0.2, 0.25) is 0 Å². The number of alkyl halides is 6. The Morgan fingerprint density at radius 1 is 0.708 bits per heavy atom. The first kappa shape index (κ1) is 30.7. The Labute approximate surface area is 268 Å². The molecule has 48 heavy (non-hydrogen) atoms. The van der Waals surface area contributed by atoms with Crippen molar-refractivity contribution in [1.82, 2.24) is 0 Å². The molecule has 1 aliphatic rings. The van der Waals surface area contributed by atoms with Crippen LogP contribution in [-0.4, -0.2) is 24.9 Å². The van der Waals surface area contributed by atoms with E-state index in [-0.39, 0.29) is 50.1 Å². The molecule has 2 aromatic heterocycles. The summed E-state index contributed by atoms with van der Waals surface area (Å²) in [7, 11) is 1.40. The molecule has 238 valence electrons. The highest BCUT2D eigenvalue weighted by Crippen LogP contribution is 2.67. The zero-order valence-electron chi connectivity index (χ0n) is 25.0. The number of hydrogen-bond donors (Lipinski definition) is 0. The van der Waals surface area contributed by atoms with Gasteiger partial charge in [0.1, 0.15) is 28.4 Å². The Balaban J connectivity index is 1.68. The Morgan fingerprint density at radius 2 is 1.21 bits per heavy atom. The van der Waals surface area contributed by atoms with Gasteiger partial charge in [-0.25, -0.2) is 4.85 Å². The maximum Gasteiger partial charge on any atom is 0.380 e. The first-order valence-corrected chi connectivity index (χ1v) is 14.4. The van der Waals surface area contributed by atoms with Gasteiger partial charge < -0.3 is 13.6 Å². The van der Waals surface area contributed by atoms with E-state index in [2.05, 4.69) is 4.85 Å². The number of furan rings is 2. The van der Waals surface area contributed by atoms with Crippen molar-refractivity contribution in [3.8, 4) is 34.5 Å². The summed E-state index contributed by atoms with van der Waals surface area (Å²) < 4.78 is 114. The van der Waals surface area contributed by atoms with Gasteiger partial charge in [0, 0.05) is 44.2 Å². The summed E-state index contributed by atoms with van der Waals surface area (Å²) >= 11 is 0. The standard InChI is InChI=1S/C37H20F6N2O3/c1-19-4-7-21(8-5-19)33-29(25-14-6-20(18-44)16-27(25)47-33)31-32(36(40,41)37(42,43)35(31,38)39)30-26-15-11-23(45-2)17-28(26)48-34(30)22-9-12-24(46-3)13-10-22/h4-17H,1,3H3. The van der Waals surface area contributed by atoms with E-state index in [0.29, 0.717) is 5.75 Å². The number of hydrogen-bond acceptors (Lipinski definition) is 4. The van der Waals surface area contributed by atoms with Gasteiger partial charge in [0.15, 0.2) is 5.69 Å². The van der Waals surface area contributed by atoms with Gasteiger partial charge in [-0.3, -0.25) is 0 Å². The monoisotopic (exact) mass is 654 g/mol. The van der Waals surface area contributed by atoms with Gasteiger partial charge in [-0.05, 0) is 55.5 Å². The van der Waals surface area contributed by atoms with Crippen molar-refractivity contribution in [2.24, 2.45) is 0 Å². The molecule has 0 amide bonds. The van der Waals surface area contributed by atoms with E-state index in [1.807, 2.05) is 6.07 Å². The normalized spacial score (nSPS) is 16.3. The zero-order valence-corrected chi connectivity index (χ0v) is 25.0. The highest BCUT2D eigenvalue weighted by molar-refractivity contribution is 6.15. The van der Waals surface area contributed by atoms with Crippen molar-refractivity contribution in [2.75, 3.05) is 7.11 Å². The molecule has 0 saturated heterocycles. The van der Waals surface area contributed by atoms with Gasteiger partial charge in [-0.1, -0.05) is 42.0 Å². The van der Waals surface area contributed by atoms with Gasteiger partial charge in [-0.2, -0.15) is 31.6 Å². The SMILES string of the molecule is [C-]#[N+]c1ccc2c(C3=C(c4c(-c5ccc(C)cc5)oc5cc(C#N)ccc45)C(F)(F)C(F)(F)C3(F)F)c(-c3ccc(OC)cc3)oc2c1. The Morgan fingerprint density at radius 3 is 1.71 bits per heavy atom. The van der Waals surface area contributed by atoms with Crippen LogP contribution in [0.3, 0.4) is 0 Å². The summed E-state index contributed by atoms with van der Waals surface area (Å²) in [5, 5.41) is 9.10. The Hall–Kier alpha value is -5.94. The number of fused-ring (bicyclic) bond motifs is 2. The quantitative estimate of drug-likeness (QED) is 0.137. The van der Waals surface area contributed by atoms with Crippen molar-refractivity contribution in [1.29, 1.82) is 5.26 Å². The second kappa shape index (κ2) is 10.5. The molecule has 0 bridgehead atoms. The minimum atomic E-state index is -5.90. The van der Waals surface area contributed by atoms with E-state index in [1.165, 1.54) is 79.9 Å². The third kappa shape index (κ3) is 4.24. The lowest BCUT2D eigenvalue weighted by Gasteiger charge is -2.26. The van der Waals surface area contributed by atoms with Crippen LogP contribution in [0.1, 0.15) is 22.3 Å². The van der Waals surface area contributed by atoms with Crippen LogP contribution in [-0.2, 0) is 0 Å². The van der Waals surface area contributed by atoms with Gasteiger partial charge in [0.25, 0.3) is 0 Å². The zero-order chi connectivity index (χ0) is 34.2. The lowest BCUT2D eigenvalue weighted by Crippen LogP contribution is -2.48. The van der Waals surface area contributed by atoms with Gasteiger partial charge in [0.05, 0.1) is 25.3 Å². The van der Waals surface area contributed by atoms with Gasteiger partial charge in [-0.15, -0.1) is 0 Å². The van der Waals surface area contributed by atoms with Crippen LogP contribution in [0.25, 0.3) is 60.6 Å². The predicted octanol–water partition coefficient (Wildman–Crippen LogP) is 11.1. The van der Waals surface area contributed by atoms with E-state index in [4.69, 9.17) is 20.1 Å². The van der Waals surface area contributed by atoms with Crippen LogP contribution in [0.5, 0.6) is 5.75 Å². The minimum Gasteiger partial charge on any atom is -0.497 e. The van der Waals surface area contributed by atoms with Gasteiger partial charge >= 0.3 is 17.8 Å². The molecule has 0 unspecified atom stereocenters. The molecule has 0 fully saturated rings. The third-order valence-corrected chi connectivity index (χ3v) is 8.45. The number of benzene rings is 4. The van der Waals surface area contributed by atoms with Gasteiger partial charge in [0.2, 0.25) is 0 Å². The molecule has 0 aliphatic heterocycles. The fraction of sp³-hybridized carbons (Fsp3) is 0.135. The van der Waals surface area contributed by atoms with Crippen LogP contribution >= 0.6 is 0 Å². The molecule has 4 aromatic carbocycles. The number of methoxy groups -OCH3 is 1. The number of aryl methyl sites for hydroxylation is 1. The molecular formula is C37H20F6N2O3. The molecule has 6 aromatic rings. The first-order valence-electron chi connectivity index (χ1n) is 14.4. The van der Waals surface area contributed by atoms with E-state index < -0.39 is 45.8 Å². The Bertz CT molecular complexity index is 2390. The molecule has 0 radical (unpaired) electrons. The number of nitrogens with zero attached hydrogens (tertiary/aromatic N) is 2. The van der Waals surface area contributed by atoms with Crippen molar-refractivity contribution in [3.63, 3.8) is 0 Å². The molecule has 0 N–H and O–H groups in total. The highest BCUT2D eigenvalue weighted by Gasteiger charge is 2.81. The van der Waals surface area contributed by atoms with Crippen LogP contribution in [0, 0.1) is 24.8 Å². The Kier molecular flexibility index (Phi) is 6.74. The smallest absolute Gasteiger partial charge is 0.380 e. The summed E-state index contributed by atoms with van der Waals surface area (Å²) in [6.07, 6.45) is 0. The molecular weight excluding hydrogens is 634 g/mol. The fourth-order valence-electron chi connectivity index (χ4n) is 6.06.